The largest absolute Gasteiger partial charge is 0.313 e. The molecular formula is C11H16N2. The third-order valence-corrected chi connectivity index (χ3v) is 2.05. The molecule has 0 aromatic carbocycles. The van der Waals surface area contributed by atoms with E-state index in [2.05, 4.69) is 29.9 Å². The molecule has 0 saturated carbocycles. The molecule has 0 saturated heterocycles. The predicted molar refractivity (Wildman–Crippen MR) is 55.6 cm³/mol. The monoisotopic (exact) mass is 176 g/mol. The van der Waals surface area contributed by atoms with Crippen LogP contribution in [0.15, 0.2) is 31.1 Å². The molecule has 1 rings (SSSR count). The Labute approximate surface area is 79.7 Å². The summed E-state index contributed by atoms with van der Waals surface area (Å²) in [5, 5.41) is 3.24. The van der Waals surface area contributed by atoms with Crippen molar-refractivity contribution in [3.05, 3.63) is 42.2 Å². The molecule has 1 heterocycles. The van der Waals surface area contributed by atoms with E-state index in [0.717, 1.165) is 6.42 Å². The molecule has 0 aliphatic rings. The zero-order valence-electron chi connectivity index (χ0n) is 8.25. The fourth-order valence-corrected chi connectivity index (χ4v) is 1.36. The van der Waals surface area contributed by atoms with Gasteiger partial charge in [0.25, 0.3) is 0 Å². The molecule has 1 N–H and O–H groups in total. The Hall–Kier alpha value is -1.15. The summed E-state index contributed by atoms with van der Waals surface area (Å²) < 4.78 is 0. The van der Waals surface area contributed by atoms with Crippen LogP contribution in [0.25, 0.3) is 0 Å². The summed E-state index contributed by atoms with van der Waals surface area (Å²) in [5.41, 5.74) is 2.42. The summed E-state index contributed by atoms with van der Waals surface area (Å²) in [6, 6.07) is 2.49. The number of aryl methyl sites for hydroxylation is 1. The number of pyridine rings is 1. The van der Waals surface area contributed by atoms with Gasteiger partial charge in [0, 0.05) is 18.4 Å². The van der Waals surface area contributed by atoms with Crippen LogP contribution in [-0.4, -0.2) is 12.0 Å². The van der Waals surface area contributed by atoms with Crippen molar-refractivity contribution in [1.82, 2.24) is 10.3 Å². The zero-order valence-corrected chi connectivity index (χ0v) is 8.25. The van der Waals surface area contributed by atoms with Gasteiger partial charge in [0.15, 0.2) is 0 Å². The Balaban J connectivity index is 2.84. The topological polar surface area (TPSA) is 24.9 Å². The molecule has 1 atom stereocenters. The first-order valence-corrected chi connectivity index (χ1v) is 4.47. The van der Waals surface area contributed by atoms with Crippen molar-refractivity contribution in [2.24, 2.45) is 0 Å². The molecule has 0 spiro atoms. The van der Waals surface area contributed by atoms with Gasteiger partial charge >= 0.3 is 0 Å². The van der Waals surface area contributed by atoms with E-state index in [1.54, 1.807) is 0 Å². The lowest BCUT2D eigenvalue weighted by molar-refractivity contribution is 0.601. The second-order valence-corrected chi connectivity index (χ2v) is 3.16. The standard InChI is InChI=1S/C11H16N2/c1-4-5-11(12-3)10-6-9(2)7-13-8-10/h4,6-8,11-12H,1,5H2,2-3H3. The van der Waals surface area contributed by atoms with Crippen LogP contribution in [0.2, 0.25) is 0 Å². The van der Waals surface area contributed by atoms with Gasteiger partial charge in [-0.3, -0.25) is 4.98 Å². The molecule has 0 bridgehead atoms. The highest BCUT2D eigenvalue weighted by molar-refractivity contribution is 5.20. The molecule has 70 valence electrons. The lowest BCUT2D eigenvalue weighted by atomic mass is 10.0. The lowest BCUT2D eigenvalue weighted by Crippen LogP contribution is -2.15. The molecule has 0 aliphatic heterocycles. The van der Waals surface area contributed by atoms with Crippen molar-refractivity contribution in [2.45, 2.75) is 19.4 Å². The van der Waals surface area contributed by atoms with Crippen LogP contribution in [0.3, 0.4) is 0 Å². The number of rotatable bonds is 4. The highest BCUT2D eigenvalue weighted by Crippen LogP contribution is 2.16. The van der Waals surface area contributed by atoms with E-state index >= 15 is 0 Å². The van der Waals surface area contributed by atoms with Gasteiger partial charge in [0.05, 0.1) is 0 Å². The van der Waals surface area contributed by atoms with Gasteiger partial charge in [-0.2, -0.15) is 0 Å². The molecule has 1 unspecified atom stereocenters. The highest BCUT2D eigenvalue weighted by Gasteiger charge is 2.06. The summed E-state index contributed by atoms with van der Waals surface area (Å²) in [7, 11) is 1.95. The van der Waals surface area contributed by atoms with Gasteiger partial charge < -0.3 is 5.32 Å². The maximum atomic E-state index is 4.16. The predicted octanol–water partition coefficient (Wildman–Crippen LogP) is 2.23. The van der Waals surface area contributed by atoms with Gasteiger partial charge in [-0.15, -0.1) is 6.58 Å². The average Bonchev–Trinajstić information content (AvgIpc) is 2.14. The Morgan fingerprint density at radius 2 is 2.38 bits per heavy atom. The van der Waals surface area contributed by atoms with Gasteiger partial charge in [-0.25, -0.2) is 0 Å². The Morgan fingerprint density at radius 3 is 2.92 bits per heavy atom. The van der Waals surface area contributed by atoms with Crippen LogP contribution >= 0.6 is 0 Å². The van der Waals surface area contributed by atoms with Crippen molar-refractivity contribution in [2.75, 3.05) is 7.05 Å². The molecule has 0 fully saturated rings. The SMILES string of the molecule is C=CCC(NC)c1cncc(C)c1. The highest BCUT2D eigenvalue weighted by atomic mass is 14.9. The van der Waals surface area contributed by atoms with Crippen molar-refractivity contribution in [3.63, 3.8) is 0 Å². The van der Waals surface area contributed by atoms with Crippen molar-refractivity contribution < 1.29 is 0 Å². The smallest absolute Gasteiger partial charge is 0.0367 e. The summed E-state index contributed by atoms with van der Waals surface area (Å²) in [4.78, 5) is 4.16. The molecule has 0 radical (unpaired) electrons. The molecule has 13 heavy (non-hydrogen) atoms. The van der Waals surface area contributed by atoms with Crippen LogP contribution < -0.4 is 5.32 Å². The van der Waals surface area contributed by atoms with Gasteiger partial charge in [-0.05, 0) is 31.5 Å². The first-order chi connectivity index (χ1) is 6.27. The minimum Gasteiger partial charge on any atom is -0.313 e. The maximum Gasteiger partial charge on any atom is 0.0367 e. The normalized spacial score (nSPS) is 12.5. The molecular weight excluding hydrogens is 160 g/mol. The van der Waals surface area contributed by atoms with E-state index in [4.69, 9.17) is 0 Å². The van der Waals surface area contributed by atoms with E-state index in [0.29, 0.717) is 6.04 Å². The van der Waals surface area contributed by atoms with Crippen molar-refractivity contribution in [3.8, 4) is 0 Å². The first kappa shape index (κ1) is 9.93. The third kappa shape index (κ3) is 2.67. The van der Waals surface area contributed by atoms with Gasteiger partial charge in [0.2, 0.25) is 0 Å². The number of aromatic nitrogens is 1. The molecule has 2 nitrogen and oxygen atoms in total. The number of nitrogens with one attached hydrogen (secondary N) is 1. The van der Waals surface area contributed by atoms with Crippen LogP contribution in [0.4, 0.5) is 0 Å². The maximum absolute atomic E-state index is 4.16. The fraction of sp³-hybridized carbons (Fsp3) is 0.364. The van der Waals surface area contributed by atoms with E-state index in [1.807, 2.05) is 25.5 Å². The van der Waals surface area contributed by atoms with E-state index in [-0.39, 0.29) is 0 Å². The average molecular weight is 176 g/mol. The van der Waals surface area contributed by atoms with E-state index < -0.39 is 0 Å². The van der Waals surface area contributed by atoms with Crippen LogP contribution in [0.1, 0.15) is 23.6 Å². The fourth-order valence-electron chi connectivity index (χ4n) is 1.36. The first-order valence-electron chi connectivity index (χ1n) is 4.47. The second kappa shape index (κ2) is 4.77. The minimum absolute atomic E-state index is 0.338. The summed E-state index contributed by atoms with van der Waals surface area (Å²) in [6.07, 6.45) is 6.62. The van der Waals surface area contributed by atoms with Crippen LogP contribution in [0.5, 0.6) is 0 Å². The van der Waals surface area contributed by atoms with E-state index in [1.165, 1.54) is 11.1 Å². The van der Waals surface area contributed by atoms with Crippen LogP contribution in [0, 0.1) is 6.92 Å². The summed E-state index contributed by atoms with van der Waals surface area (Å²) in [5.74, 6) is 0. The number of hydrogen-bond acceptors (Lipinski definition) is 2. The molecule has 0 amide bonds. The Morgan fingerprint density at radius 1 is 1.62 bits per heavy atom. The molecule has 0 aliphatic carbocycles. The molecule has 1 aromatic heterocycles. The Bertz CT molecular complexity index is 281. The van der Waals surface area contributed by atoms with Crippen LogP contribution in [-0.2, 0) is 0 Å². The van der Waals surface area contributed by atoms with E-state index in [9.17, 15) is 0 Å². The zero-order chi connectivity index (χ0) is 9.68. The lowest BCUT2D eigenvalue weighted by Gasteiger charge is -2.14. The quantitative estimate of drug-likeness (QED) is 0.711. The number of hydrogen-bond donors (Lipinski definition) is 1. The van der Waals surface area contributed by atoms with Crippen molar-refractivity contribution in [1.29, 1.82) is 0 Å². The van der Waals surface area contributed by atoms with Crippen molar-refractivity contribution >= 4 is 0 Å². The molecule has 1 aromatic rings. The summed E-state index contributed by atoms with van der Waals surface area (Å²) in [6.45, 7) is 5.79. The Kier molecular flexibility index (Phi) is 3.65. The van der Waals surface area contributed by atoms with Gasteiger partial charge in [0.1, 0.15) is 0 Å². The number of nitrogens with zero attached hydrogens (tertiary/aromatic N) is 1. The molecule has 2 heteroatoms. The van der Waals surface area contributed by atoms with Gasteiger partial charge in [-0.1, -0.05) is 12.1 Å². The minimum atomic E-state index is 0.338. The second-order valence-electron chi connectivity index (χ2n) is 3.16. The third-order valence-electron chi connectivity index (χ3n) is 2.05. The summed E-state index contributed by atoms with van der Waals surface area (Å²) >= 11 is 0.